The van der Waals surface area contributed by atoms with Crippen molar-refractivity contribution in [1.82, 2.24) is 10.2 Å². The molecule has 4 nitrogen and oxygen atoms in total. The maximum atomic E-state index is 12.2. The number of nitrogens with zero attached hydrogens (tertiary/aromatic N) is 1. The summed E-state index contributed by atoms with van der Waals surface area (Å²) in [5, 5.41) is 3.82. The molecule has 3 rings (SSSR count). The second-order valence-electron chi connectivity index (χ2n) is 5.77. The van der Waals surface area contributed by atoms with Crippen LogP contribution in [0.4, 0.5) is 0 Å². The van der Waals surface area contributed by atoms with Crippen LogP contribution in [0.25, 0.3) is 11.0 Å². The monoisotopic (exact) mass is 386 g/mol. The van der Waals surface area contributed by atoms with Crippen LogP contribution in [0.15, 0.2) is 63.5 Å². The Morgan fingerprint density at radius 1 is 1.17 bits per heavy atom. The minimum atomic E-state index is -0.185. The number of furan rings is 1. The maximum Gasteiger partial charge on any atom is 0.287 e. The molecule has 0 fully saturated rings. The van der Waals surface area contributed by atoms with Gasteiger partial charge in [0.15, 0.2) is 5.76 Å². The molecular formula is C19H19BrN2O2. The van der Waals surface area contributed by atoms with Gasteiger partial charge in [0, 0.05) is 29.5 Å². The highest BCUT2D eigenvalue weighted by molar-refractivity contribution is 9.10. The maximum absolute atomic E-state index is 12.2. The fourth-order valence-electron chi connectivity index (χ4n) is 2.55. The van der Waals surface area contributed by atoms with Crippen molar-refractivity contribution >= 4 is 32.8 Å². The zero-order valence-electron chi connectivity index (χ0n) is 13.5. The Balaban J connectivity index is 1.51. The summed E-state index contributed by atoms with van der Waals surface area (Å²) < 4.78 is 6.55. The van der Waals surface area contributed by atoms with Crippen molar-refractivity contribution in [3.8, 4) is 0 Å². The van der Waals surface area contributed by atoms with Crippen molar-refractivity contribution in [1.29, 1.82) is 0 Å². The molecule has 0 atom stereocenters. The van der Waals surface area contributed by atoms with E-state index in [0.717, 1.165) is 22.9 Å². The van der Waals surface area contributed by atoms with Crippen LogP contribution in [-0.4, -0.2) is 30.9 Å². The Kier molecular flexibility index (Phi) is 5.33. The summed E-state index contributed by atoms with van der Waals surface area (Å²) >= 11 is 3.42. The van der Waals surface area contributed by atoms with Crippen LogP contribution in [0, 0.1) is 0 Å². The van der Waals surface area contributed by atoms with Gasteiger partial charge in [-0.3, -0.25) is 4.79 Å². The molecule has 1 N–H and O–H groups in total. The Bertz CT molecular complexity index is 830. The van der Waals surface area contributed by atoms with Crippen LogP contribution < -0.4 is 5.32 Å². The Morgan fingerprint density at radius 2 is 1.96 bits per heavy atom. The zero-order valence-corrected chi connectivity index (χ0v) is 15.0. The van der Waals surface area contributed by atoms with E-state index in [9.17, 15) is 4.79 Å². The highest BCUT2D eigenvalue weighted by atomic mass is 79.9. The van der Waals surface area contributed by atoms with Crippen molar-refractivity contribution in [2.45, 2.75) is 6.54 Å². The van der Waals surface area contributed by atoms with Gasteiger partial charge in [-0.2, -0.15) is 0 Å². The van der Waals surface area contributed by atoms with Gasteiger partial charge >= 0.3 is 0 Å². The van der Waals surface area contributed by atoms with Crippen molar-refractivity contribution in [2.75, 3.05) is 20.1 Å². The zero-order chi connectivity index (χ0) is 16.9. The van der Waals surface area contributed by atoms with E-state index in [0.29, 0.717) is 17.9 Å². The first-order chi connectivity index (χ1) is 11.6. The molecule has 0 aliphatic carbocycles. The second kappa shape index (κ2) is 7.64. The lowest BCUT2D eigenvalue weighted by atomic mass is 10.2. The lowest BCUT2D eigenvalue weighted by Crippen LogP contribution is -2.32. The van der Waals surface area contributed by atoms with Crippen molar-refractivity contribution in [2.24, 2.45) is 0 Å². The van der Waals surface area contributed by atoms with Gasteiger partial charge in [-0.25, -0.2) is 0 Å². The normalized spacial score (nSPS) is 11.1. The van der Waals surface area contributed by atoms with Crippen molar-refractivity contribution < 1.29 is 9.21 Å². The van der Waals surface area contributed by atoms with E-state index in [2.05, 4.69) is 38.3 Å². The third-order valence-corrected chi connectivity index (χ3v) is 4.27. The molecule has 124 valence electrons. The van der Waals surface area contributed by atoms with E-state index in [4.69, 9.17) is 4.42 Å². The highest BCUT2D eigenvalue weighted by Gasteiger charge is 2.12. The first kappa shape index (κ1) is 16.7. The summed E-state index contributed by atoms with van der Waals surface area (Å²) in [6, 6.07) is 17.7. The van der Waals surface area contributed by atoms with Gasteiger partial charge in [-0.15, -0.1) is 0 Å². The summed E-state index contributed by atoms with van der Waals surface area (Å²) in [7, 11) is 2.04. The fourth-order valence-corrected chi connectivity index (χ4v) is 2.93. The third-order valence-electron chi connectivity index (χ3n) is 3.78. The Hall–Kier alpha value is -2.11. The number of carbonyl (C=O) groups excluding carboxylic acids is 1. The van der Waals surface area contributed by atoms with E-state index in [1.54, 1.807) is 6.07 Å². The molecule has 5 heteroatoms. The summed E-state index contributed by atoms with van der Waals surface area (Å²) in [4.78, 5) is 14.4. The van der Waals surface area contributed by atoms with Gasteiger partial charge in [-0.1, -0.05) is 46.3 Å². The van der Waals surface area contributed by atoms with Crippen LogP contribution in [0.2, 0.25) is 0 Å². The number of halogens is 1. The average Bonchev–Trinajstić information content (AvgIpc) is 2.99. The lowest BCUT2D eigenvalue weighted by molar-refractivity contribution is 0.0924. The topological polar surface area (TPSA) is 45.5 Å². The molecule has 0 aliphatic heterocycles. The van der Waals surface area contributed by atoms with Crippen LogP contribution in [0.5, 0.6) is 0 Å². The SMILES string of the molecule is CN(CCNC(=O)c1cc2cc(Br)ccc2o1)Cc1ccccc1. The standard InChI is InChI=1S/C19H19BrN2O2/c1-22(13-14-5-3-2-4-6-14)10-9-21-19(23)18-12-15-11-16(20)7-8-17(15)24-18/h2-8,11-12H,9-10,13H2,1H3,(H,21,23). The van der Waals surface area contributed by atoms with Gasteiger partial charge in [0.2, 0.25) is 0 Å². The third kappa shape index (κ3) is 4.24. The van der Waals surface area contributed by atoms with E-state index >= 15 is 0 Å². The average molecular weight is 387 g/mol. The largest absolute Gasteiger partial charge is 0.451 e. The molecule has 1 aromatic heterocycles. The number of likely N-dealkylation sites (N-methyl/N-ethyl adjacent to an activating group) is 1. The van der Waals surface area contributed by atoms with Gasteiger partial charge in [0.25, 0.3) is 5.91 Å². The minimum absolute atomic E-state index is 0.185. The molecule has 0 aliphatic rings. The van der Waals surface area contributed by atoms with Crippen molar-refractivity contribution in [3.05, 3.63) is 70.4 Å². The molecule has 0 bridgehead atoms. The number of amides is 1. The number of benzene rings is 2. The van der Waals surface area contributed by atoms with E-state index in [1.807, 2.05) is 43.4 Å². The number of rotatable bonds is 6. The Morgan fingerprint density at radius 3 is 2.75 bits per heavy atom. The van der Waals surface area contributed by atoms with Crippen molar-refractivity contribution in [3.63, 3.8) is 0 Å². The fraction of sp³-hybridized carbons (Fsp3) is 0.211. The minimum Gasteiger partial charge on any atom is -0.451 e. The summed E-state index contributed by atoms with van der Waals surface area (Å²) in [6.45, 7) is 2.20. The molecule has 24 heavy (non-hydrogen) atoms. The number of hydrogen-bond donors (Lipinski definition) is 1. The summed E-state index contributed by atoms with van der Waals surface area (Å²) in [6.07, 6.45) is 0. The first-order valence-corrected chi connectivity index (χ1v) is 8.61. The van der Waals surface area contributed by atoms with Crippen LogP contribution in [0.1, 0.15) is 16.1 Å². The van der Waals surface area contributed by atoms with Gasteiger partial charge in [0.05, 0.1) is 0 Å². The molecule has 1 amide bonds. The molecule has 0 saturated heterocycles. The number of carbonyl (C=O) groups is 1. The van der Waals surface area contributed by atoms with E-state index < -0.39 is 0 Å². The second-order valence-corrected chi connectivity index (χ2v) is 6.69. The molecule has 3 aromatic rings. The van der Waals surface area contributed by atoms with Crippen LogP contribution in [-0.2, 0) is 6.54 Å². The molecule has 1 heterocycles. The molecule has 0 unspecified atom stereocenters. The summed E-state index contributed by atoms with van der Waals surface area (Å²) in [5.74, 6) is 0.157. The van der Waals surface area contributed by atoms with Gasteiger partial charge in [0.1, 0.15) is 5.58 Å². The lowest BCUT2D eigenvalue weighted by Gasteiger charge is -2.16. The highest BCUT2D eigenvalue weighted by Crippen LogP contribution is 2.23. The summed E-state index contributed by atoms with van der Waals surface area (Å²) in [5.41, 5.74) is 1.97. The van der Waals surface area contributed by atoms with Crippen LogP contribution in [0.3, 0.4) is 0 Å². The Labute approximate surface area is 149 Å². The predicted molar refractivity (Wildman–Crippen MR) is 99.0 cm³/mol. The molecule has 0 spiro atoms. The van der Waals surface area contributed by atoms with Crippen LogP contribution >= 0.6 is 15.9 Å². The van der Waals surface area contributed by atoms with E-state index in [1.165, 1.54) is 5.56 Å². The smallest absolute Gasteiger partial charge is 0.287 e. The molecular weight excluding hydrogens is 368 g/mol. The number of nitrogens with one attached hydrogen (secondary N) is 1. The van der Waals surface area contributed by atoms with Gasteiger partial charge < -0.3 is 14.6 Å². The molecule has 0 saturated carbocycles. The predicted octanol–water partition coefficient (Wildman–Crippen LogP) is 4.06. The van der Waals surface area contributed by atoms with E-state index in [-0.39, 0.29) is 5.91 Å². The first-order valence-electron chi connectivity index (χ1n) is 7.81. The molecule has 2 aromatic carbocycles. The number of hydrogen-bond acceptors (Lipinski definition) is 3. The van der Waals surface area contributed by atoms with Gasteiger partial charge in [-0.05, 0) is 36.9 Å². The quantitative estimate of drug-likeness (QED) is 0.694. The number of fused-ring (bicyclic) bond motifs is 1. The molecule has 0 radical (unpaired) electrons.